The second kappa shape index (κ2) is 12.9. The summed E-state index contributed by atoms with van der Waals surface area (Å²) in [6.45, 7) is 9.20. The number of pyridine rings is 1. The summed E-state index contributed by atoms with van der Waals surface area (Å²) in [6, 6.07) is 19.7. The number of rotatable bonds is 11. The Morgan fingerprint density at radius 2 is 1.90 bits per heavy atom. The number of anilines is 2. The van der Waals surface area contributed by atoms with E-state index in [0.717, 1.165) is 5.56 Å². The normalized spacial score (nSPS) is 13.0. The van der Waals surface area contributed by atoms with Crippen molar-refractivity contribution in [1.29, 1.82) is 0 Å². The Balaban J connectivity index is 1.43. The van der Waals surface area contributed by atoms with Crippen LogP contribution >= 0.6 is 0 Å². The molecule has 210 valence electrons. The van der Waals surface area contributed by atoms with Gasteiger partial charge in [-0.15, -0.1) is 0 Å². The zero-order chi connectivity index (χ0) is 28.7. The minimum atomic E-state index is -0.639. The maximum Gasteiger partial charge on any atom is 0.507 e. The van der Waals surface area contributed by atoms with Crippen LogP contribution in [0.15, 0.2) is 72.9 Å². The minimum absolute atomic E-state index is 0.0356. The topological polar surface area (TPSA) is 95.2 Å². The van der Waals surface area contributed by atoms with Crippen molar-refractivity contribution < 1.29 is 28.2 Å². The summed E-state index contributed by atoms with van der Waals surface area (Å²) < 4.78 is 17.9. The lowest BCUT2D eigenvalue weighted by atomic mass is 9.99. The number of hydrogen-bond donors (Lipinski definition) is 0. The molecule has 2 radical (unpaired) electrons. The van der Waals surface area contributed by atoms with Crippen LogP contribution in [0.5, 0.6) is 11.5 Å². The smallest absolute Gasteiger partial charge is 0.507 e. The molecular formula is C30H35N3O6Si. The van der Waals surface area contributed by atoms with Crippen molar-refractivity contribution in [2.24, 2.45) is 5.92 Å². The predicted molar refractivity (Wildman–Crippen MR) is 154 cm³/mol. The van der Waals surface area contributed by atoms with Gasteiger partial charge in [-0.05, 0) is 34.7 Å². The molecule has 1 aromatic heterocycles. The highest BCUT2D eigenvalue weighted by Gasteiger charge is 2.31. The van der Waals surface area contributed by atoms with E-state index in [1.807, 2.05) is 48.5 Å². The second-order valence-electron chi connectivity index (χ2n) is 10.5. The van der Waals surface area contributed by atoms with Crippen molar-refractivity contribution in [3.05, 3.63) is 83.7 Å². The number of aromatic nitrogens is 1. The summed E-state index contributed by atoms with van der Waals surface area (Å²) in [5.74, 6) is 1.71. The molecule has 10 heteroatoms. The van der Waals surface area contributed by atoms with Gasteiger partial charge < -0.3 is 24.0 Å². The molecule has 4 rings (SSSR count). The Hall–Kier alpha value is -4.05. The highest BCUT2D eigenvalue weighted by molar-refractivity contribution is 6.33. The van der Waals surface area contributed by atoms with Gasteiger partial charge in [-0.25, -0.2) is 4.73 Å². The van der Waals surface area contributed by atoms with Crippen LogP contribution in [0.4, 0.5) is 16.3 Å². The molecule has 0 aliphatic carbocycles. The highest BCUT2D eigenvalue weighted by atomic mass is 28.2. The Bertz CT molecular complexity index is 1320. The van der Waals surface area contributed by atoms with Gasteiger partial charge in [0.1, 0.15) is 18.1 Å². The maximum atomic E-state index is 13.1. The van der Waals surface area contributed by atoms with Crippen LogP contribution in [0, 0.1) is 11.1 Å². The van der Waals surface area contributed by atoms with Crippen LogP contribution in [0.25, 0.3) is 0 Å². The second-order valence-corrected chi connectivity index (χ2v) is 12.2. The molecule has 0 N–H and O–H groups in total. The monoisotopic (exact) mass is 561 g/mol. The summed E-state index contributed by atoms with van der Waals surface area (Å²) in [6.07, 6.45) is 1.10. The van der Waals surface area contributed by atoms with Crippen molar-refractivity contribution >= 4 is 33.3 Å². The Morgan fingerprint density at radius 3 is 2.62 bits per heavy atom. The summed E-state index contributed by atoms with van der Waals surface area (Å²) in [5.41, 5.74) is 1.48. The molecule has 0 bridgehead atoms. The Morgan fingerprint density at radius 1 is 1.15 bits per heavy atom. The lowest BCUT2D eigenvalue weighted by Crippen LogP contribution is -2.44. The number of amides is 2. The van der Waals surface area contributed by atoms with E-state index in [4.69, 9.17) is 13.9 Å². The largest absolute Gasteiger partial charge is 0.711 e. The van der Waals surface area contributed by atoms with Crippen molar-refractivity contribution in [3.63, 3.8) is 0 Å². The van der Waals surface area contributed by atoms with Crippen LogP contribution in [0.1, 0.15) is 39.7 Å². The lowest BCUT2D eigenvalue weighted by Gasteiger charge is -2.30. The first-order valence-electron chi connectivity index (χ1n) is 13.3. The molecule has 0 saturated carbocycles. The van der Waals surface area contributed by atoms with E-state index in [2.05, 4.69) is 27.7 Å². The van der Waals surface area contributed by atoms with Gasteiger partial charge in [0.2, 0.25) is 0 Å². The number of carbonyl (C=O) groups excluding carboxylic acids is 2. The Kier molecular flexibility index (Phi) is 9.31. The van der Waals surface area contributed by atoms with Gasteiger partial charge in [-0.1, -0.05) is 64.1 Å². The average molecular weight is 562 g/mol. The zero-order valence-electron chi connectivity index (χ0n) is 23.3. The first kappa shape index (κ1) is 28.9. The van der Waals surface area contributed by atoms with Crippen molar-refractivity contribution in [1.82, 2.24) is 0 Å². The fourth-order valence-electron chi connectivity index (χ4n) is 3.91. The number of nitrogens with zero attached hydrogens (tertiary/aromatic N) is 3. The van der Waals surface area contributed by atoms with Crippen molar-refractivity contribution in [2.45, 2.75) is 45.8 Å². The molecule has 2 aromatic carbocycles. The number of hydrogen-bond acceptors (Lipinski definition) is 6. The summed E-state index contributed by atoms with van der Waals surface area (Å²) >= 11 is 0. The molecule has 0 atom stereocenters. The molecule has 1 aliphatic rings. The zero-order valence-corrected chi connectivity index (χ0v) is 24.3. The van der Waals surface area contributed by atoms with Crippen molar-refractivity contribution in [3.8, 4) is 11.5 Å². The molecular weight excluding hydrogens is 526 g/mol. The minimum Gasteiger partial charge on any atom is -0.711 e. The van der Waals surface area contributed by atoms with Crippen LogP contribution in [-0.4, -0.2) is 41.5 Å². The van der Waals surface area contributed by atoms with E-state index in [9.17, 15) is 14.8 Å². The highest BCUT2D eigenvalue weighted by Crippen LogP contribution is 2.37. The van der Waals surface area contributed by atoms with Crippen molar-refractivity contribution in [2.75, 3.05) is 29.5 Å². The Labute approximate surface area is 237 Å². The number of ether oxygens (including phenoxy) is 2. The third-order valence-electron chi connectivity index (χ3n) is 7.02. The van der Waals surface area contributed by atoms with Gasteiger partial charge in [-0.3, -0.25) is 4.79 Å². The van der Waals surface area contributed by atoms with Gasteiger partial charge >= 0.3 is 15.9 Å². The van der Waals surface area contributed by atoms with E-state index in [-0.39, 0.29) is 46.3 Å². The maximum absolute atomic E-state index is 13.1. The van der Waals surface area contributed by atoms with E-state index in [1.165, 1.54) is 11.1 Å². The first-order chi connectivity index (χ1) is 19.2. The fourth-order valence-corrected chi connectivity index (χ4v) is 4.66. The molecule has 40 heavy (non-hydrogen) atoms. The molecule has 2 amide bonds. The third kappa shape index (κ3) is 7.12. The van der Waals surface area contributed by atoms with E-state index in [1.54, 1.807) is 23.1 Å². The predicted octanol–water partition coefficient (Wildman–Crippen LogP) is 5.13. The van der Waals surface area contributed by atoms with Gasteiger partial charge in [0, 0.05) is 25.1 Å². The summed E-state index contributed by atoms with van der Waals surface area (Å²) in [7, 11) is 0.276. The quantitative estimate of drug-likeness (QED) is 0.183. The molecule has 2 heterocycles. The van der Waals surface area contributed by atoms with Gasteiger partial charge in [-0.2, -0.15) is 9.69 Å². The first-order valence-corrected chi connectivity index (χ1v) is 14.2. The van der Waals surface area contributed by atoms with Gasteiger partial charge in [0.25, 0.3) is 11.7 Å². The number of fused-ring (bicyclic) bond motifs is 1. The molecule has 3 aromatic rings. The molecule has 0 unspecified atom stereocenters. The number of carbonyl (C=O) groups is 2. The van der Waals surface area contributed by atoms with Gasteiger partial charge in [0.15, 0.2) is 6.61 Å². The van der Waals surface area contributed by atoms with E-state index in [0.29, 0.717) is 40.8 Å². The molecule has 9 nitrogen and oxygen atoms in total. The SMILES string of the molecule is CC(C)C(C)(C)[Si]Oc1ccc2c(c1)OCC(=O)N2CCCN(C(=O)OCc1ccccc1)c1cccc[n+]1[O-]. The average Bonchev–Trinajstić information content (AvgIpc) is 2.95. The summed E-state index contributed by atoms with van der Waals surface area (Å²) in [5, 5.41) is 12.5. The number of benzene rings is 2. The molecule has 0 spiro atoms. The molecule has 0 saturated heterocycles. The van der Waals surface area contributed by atoms with Crippen LogP contribution in [0.2, 0.25) is 5.04 Å². The molecule has 0 fully saturated rings. The lowest BCUT2D eigenvalue weighted by molar-refractivity contribution is -0.591. The standard InChI is InChI=1S/C30H35N3O6Si/c1-22(2)30(3,4)40-39-24-14-15-25-26(19-24)37-21-28(34)31(25)16-10-17-32(27-13-8-9-18-33(27)36)29(35)38-20-23-11-6-5-7-12-23/h5-9,11-15,18-19,22H,10,16-17,20-21H2,1-4H3. The van der Waals surface area contributed by atoms with E-state index < -0.39 is 6.09 Å². The summed E-state index contributed by atoms with van der Waals surface area (Å²) in [4.78, 5) is 28.8. The van der Waals surface area contributed by atoms with Crippen LogP contribution in [0.3, 0.4) is 0 Å². The third-order valence-corrected chi connectivity index (χ3v) is 8.46. The van der Waals surface area contributed by atoms with Crippen LogP contribution < -0.4 is 23.7 Å². The van der Waals surface area contributed by atoms with Crippen LogP contribution in [-0.2, 0) is 16.1 Å². The van der Waals surface area contributed by atoms with Gasteiger partial charge in [0.05, 0.1) is 18.4 Å². The fraction of sp³-hybridized carbons (Fsp3) is 0.367. The van der Waals surface area contributed by atoms with E-state index >= 15 is 0 Å². The molecule has 1 aliphatic heterocycles.